The number of halogens is 1. The number of benzene rings is 1. The van der Waals surface area contributed by atoms with E-state index < -0.39 is 80.9 Å². The lowest BCUT2D eigenvalue weighted by molar-refractivity contribution is -0.141. The molecule has 5 amide bonds. The van der Waals surface area contributed by atoms with Gasteiger partial charge in [-0.3, -0.25) is 19.3 Å². The third-order valence-corrected chi connectivity index (χ3v) is 12.1. The van der Waals surface area contributed by atoms with E-state index in [0.29, 0.717) is 24.0 Å². The maximum absolute atomic E-state index is 14.4. The minimum absolute atomic E-state index is 0.0107. The molecule has 3 N–H and O–H groups in total. The van der Waals surface area contributed by atoms with Crippen LogP contribution in [0.1, 0.15) is 83.3 Å². The number of sulfone groups is 1. The fourth-order valence-electron chi connectivity index (χ4n) is 7.57. The summed E-state index contributed by atoms with van der Waals surface area (Å²) in [6.07, 6.45) is 5.00. The highest BCUT2D eigenvalue weighted by Gasteiger charge is 2.61. The molecule has 16 heteroatoms. The van der Waals surface area contributed by atoms with Crippen molar-refractivity contribution in [2.24, 2.45) is 5.92 Å². The maximum Gasteiger partial charge on any atom is 0.410 e. The fraction of sp³-hybridized carbons (Fsp3) is 0.639. The highest BCUT2D eigenvalue weighted by molar-refractivity contribution is 7.91. The molecule has 1 aromatic rings. The van der Waals surface area contributed by atoms with Crippen LogP contribution in [0.4, 0.5) is 14.0 Å². The fourth-order valence-corrected chi connectivity index (χ4v) is 9.24. The van der Waals surface area contributed by atoms with Gasteiger partial charge in [0, 0.05) is 30.5 Å². The molecule has 1 aliphatic carbocycles. The summed E-state index contributed by atoms with van der Waals surface area (Å²) in [5.41, 5.74) is -1.13. The zero-order valence-electron chi connectivity index (χ0n) is 29.8. The highest BCUT2D eigenvalue weighted by Crippen LogP contribution is 2.46. The number of allylic oxidation sites excluding steroid dienone is 1. The molecular weight excluding hydrogens is 697 g/mol. The van der Waals surface area contributed by atoms with Gasteiger partial charge in [-0.2, -0.15) is 0 Å². The number of rotatable bonds is 4. The van der Waals surface area contributed by atoms with Gasteiger partial charge >= 0.3 is 12.2 Å². The lowest BCUT2D eigenvalue weighted by Crippen LogP contribution is -2.58. The Hall–Kier alpha value is -4.21. The number of nitrogens with zero attached hydrogens (tertiary/aromatic N) is 2. The molecule has 1 aromatic carbocycles. The van der Waals surface area contributed by atoms with E-state index in [0.717, 1.165) is 12.8 Å². The summed E-state index contributed by atoms with van der Waals surface area (Å²) >= 11 is 0. The van der Waals surface area contributed by atoms with Crippen molar-refractivity contribution in [1.29, 1.82) is 0 Å². The molecule has 1 saturated carbocycles. The smallest absolute Gasteiger partial charge is 0.410 e. The van der Waals surface area contributed by atoms with Crippen LogP contribution >= 0.6 is 0 Å². The van der Waals surface area contributed by atoms with E-state index in [-0.39, 0.29) is 62.7 Å². The van der Waals surface area contributed by atoms with E-state index in [4.69, 9.17) is 9.47 Å². The van der Waals surface area contributed by atoms with Crippen molar-refractivity contribution in [1.82, 2.24) is 25.8 Å². The minimum Gasteiger partial charge on any atom is -0.444 e. The average Bonchev–Trinajstić information content (AvgIpc) is 3.36. The number of fused-ring (bicyclic) bond motifs is 3. The predicted octanol–water partition coefficient (Wildman–Crippen LogP) is 2.84. The first-order chi connectivity index (χ1) is 24.5. The molecular formula is C36H48FN5O9S. The van der Waals surface area contributed by atoms with Crippen LogP contribution in [-0.4, -0.2) is 102 Å². The normalized spacial score (nSPS) is 30.8. The SMILES string of the molecule is CC(C)(C)OC(=O)N[C@H]1CCCCC/C=C\[C@@H]2C[C@@]2(C(=O)N[C@H]2CCS(=O)(=O)C2)NC(=O)[C@@H]2C[C@@H](OC(=O)N3Cc4cccc(F)c4C3)CN2C1=O. The monoisotopic (exact) mass is 745 g/mol. The van der Waals surface area contributed by atoms with Crippen molar-refractivity contribution in [2.75, 3.05) is 18.1 Å². The van der Waals surface area contributed by atoms with Gasteiger partial charge in [0.05, 0.1) is 24.6 Å². The molecule has 0 unspecified atom stereocenters. The topological polar surface area (TPSA) is 181 Å². The summed E-state index contributed by atoms with van der Waals surface area (Å²) in [5.74, 6) is -2.68. The molecule has 4 aliphatic heterocycles. The first-order valence-corrected chi connectivity index (χ1v) is 19.9. The maximum atomic E-state index is 14.4. The van der Waals surface area contributed by atoms with Crippen molar-refractivity contribution in [3.8, 4) is 0 Å². The summed E-state index contributed by atoms with van der Waals surface area (Å²) < 4.78 is 49.9. The summed E-state index contributed by atoms with van der Waals surface area (Å²) in [6.45, 7) is 5.10. The standard InChI is InChI=1S/C36H48FN5O9S/c1-35(2,3)51-33(46)39-28-13-8-6-4-5-7-11-23-17-36(23,32(45)38-24-14-15-52(48,49)21-24)40-30(43)29-16-25(19-42(29)31(28)44)50-34(47)41-18-22-10-9-12-27(37)26(22)20-41/h7,9-12,23-25,28-29H,4-6,8,13-21H2,1-3H3,(H,38,45)(H,39,46)(H,40,43)/b11-7-/t23-,24+,25-,28+,29+,36-/m1/s1. The third-order valence-electron chi connectivity index (χ3n) is 10.4. The van der Waals surface area contributed by atoms with Crippen molar-refractivity contribution in [3.63, 3.8) is 0 Å². The molecule has 6 atom stereocenters. The Morgan fingerprint density at radius 3 is 2.56 bits per heavy atom. The second-order valence-corrected chi connectivity index (χ2v) is 17.8. The van der Waals surface area contributed by atoms with Gasteiger partial charge in [-0.1, -0.05) is 37.1 Å². The zero-order valence-corrected chi connectivity index (χ0v) is 30.6. The Balaban J connectivity index is 1.24. The molecule has 4 heterocycles. The predicted molar refractivity (Wildman–Crippen MR) is 186 cm³/mol. The van der Waals surface area contributed by atoms with E-state index in [1.807, 2.05) is 12.2 Å². The van der Waals surface area contributed by atoms with Crippen LogP contribution in [-0.2, 0) is 46.8 Å². The molecule has 14 nitrogen and oxygen atoms in total. The molecule has 6 rings (SSSR count). The van der Waals surface area contributed by atoms with Gasteiger partial charge in [0.2, 0.25) is 17.7 Å². The van der Waals surface area contributed by atoms with E-state index in [1.165, 1.54) is 15.9 Å². The van der Waals surface area contributed by atoms with Crippen molar-refractivity contribution in [3.05, 3.63) is 47.3 Å². The van der Waals surface area contributed by atoms with Crippen LogP contribution in [0.2, 0.25) is 0 Å². The zero-order chi connectivity index (χ0) is 37.4. The highest BCUT2D eigenvalue weighted by atomic mass is 32.2. The Morgan fingerprint density at radius 1 is 1.06 bits per heavy atom. The minimum atomic E-state index is -3.28. The van der Waals surface area contributed by atoms with Gasteiger partial charge < -0.3 is 30.3 Å². The van der Waals surface area contributed by atoms with Crippen LogP contribution in [0.25, 0.3) is 0 Å². The number of amides is 5. The first kappa shape index (κ1) is 37.5. The first-order valence-electron chi connectivity index (χ1n) is 18.1. The molecule has 52 heavy (non-hydrogen) atoms. The Kier molecular flexibility index (Phi) is 10.6. The van der Waals surface area contributed by atoms with Gasteiger partial charge in [0.25, 0.3) is 0 Å². The number of alkyl carbamates (subject to hydrolysis) is 1. The second-order valence-electron chi connectivity index (χ2n) is 15.6. The van der Waals surface area contributed by atoms with Gasteiger partial charge in [0.15, 0.2) is 9.84 Å². The molecule has 0 aromatic heterocycles. The van der Waals surface area contributed by atoms with E-state index >= 15 is 0 Å². The summed E-state index contributed by atoms with van der Waals surface area (Å²) in [7, 11) is -3.28. The Labute approximate surface area is 303 Å². The van der Waals surface area contributed by atoms with Crippen molar-refractivity contribution >= 4 is 39.7 Å². The van der Waals surface area contributed by atoms with Crippen LogP contribution in [0.15, 0.2) is 30.4 Å². The number of hydrogen-bond acceptors (Lipinski definition) is 9. The second kappa shape index (κ2) is 14.7. The van der Waals surface area contributed by atoms with Crippen molar-refractivity contribution < 1.29 is 46.3 Å². The largest absolute Gasteiger partial charge is 0.444 e. The molecule has 3 fully saturated rings. The number of carbonyl (C=O) groups is 5. The summed E-state index contributed by atoms with van der Waals surface area (Å²) in [4.78, 5) is 71.2. The molecule has 0 radical (unpaired) electrons. The van der Waals surface area contributed by atoms with E-state index in [2.05, 4.69) is 16.0 Å². The van der Waals surface area contributed by atoms with Gasteiger partial charge in [-0.15, -0.1) is 0 Å². The van der Waals surface area contributed by atoms with Crippen LogP contribution in [0.5, 0.6) is 0 Å². The lowest BCUT2D eigenvalue weighted by atomic mass is 10.0. The van der Waals surface area contributed by atoms with E-state index in [1.54, 1.807) is 32.9 Å². The molecule has 0 bridgehead atoms. The van der Waals surface area contributed by atoms with Gasteiger partial charge in [0.1, 0.15) is 35.1 Å². The molecule has 0 spiro atoms. The quantitative estimate of drug-likeness (QED) is 0.391. The number of carbonyl (C=O) groups excluding carboxylic acids is 5. The lowest BCUT2D eigenvalue weighted by Gasteiger charge is -2.30. The molecule has 5 aliphatic rings. The number of hydrogen-bond donors (Lipinski definition) is 3. The summed E-state index contributed by atoms with van der Waals surface area (Å²) in [5, 5.41) is 8.43. The molecule has 2 saturated heterocycles. The van der Waals surface area contributed by atoms with Crippen LogP contribution in [0.3, 0.4) is 0 Å². The van der Waals surface area contributed by atoms with Crippen LogP contribution < -0.4 is 16.0 Å². The summed E-state index contributed by atoms with van der Waals surface area (Å²) in [6, 6.07) is 1.82. The Morgan fingerprint density at radius 2 is 1.85 bits per heavy atom. The number of nitrogens with one attached hydrogen (secondary N) is 3. The van der Waals surface area contributed by atoms with Crippen LogP contribution in [0, 0.1) is 11.7 Å². The van der Waals surface area contributed by atoms with E-state index in [9.17, 15) is 36.8 Å². The Bertz CT molecular complexity index is 1750. The molecule has 284 valence electrons. The van der Waals surface area contributed by atoms with Gasteiger partial charge in [-0.25, -0.2) is 22.4 Å². The number of ether oxygens (including phenoxy) is 2. The van der Waals surface area contributed by atoms with Gasteiger partial charge in [-0.05, 0) is 64.5 Å². The van der Waals surface area contributed by atoms with Crippen molar-refractivity contribution in [2.45, 2.75) is 121 Å². The third kappa shape index (κ3) is 8.53. The average molecular weight is 746 g/mol.